The van der Waals surface area contributed by atoms with Crippen LogP contribution < -0.4 is 0 Å². The molecule has 0 aromatic heterocycles. The molecular formula is C11H18O3. The first-order valence-electron chi connectivity index (χ1n) is 5.29. The van der Waals surface area contributed by atoms with E-state index in [0.717, 1.165) is 25.7 Å². The molecule has 0 heterocycles. The van der Waals surface area contributed by atoms with Crippen LogP contribution in [-0.2, 0) is 14.3 Å². The summed E-state index contributed by atoms with van der Waals surface area (Å²) >= 11 is 0. The maximum absolute atomic E-state index is 11.4. The van der Waals surface area contributed by atoms with Crippen LogP contribution in [0, 0.1) is 11.8 Å². The topological polar surface area (TPSA) is 43.4 Å². The monoisotopic (exact) mass is 198 g/mol. The van der Waals surface area contributed by atoms with Gasteiger partial charge in [-0.2, -0.15) is 0 Å². The van der Waals surface area contributed by atoms with E-state index >= 15 is 0 Å². The van der Waals surface area contributed by atoms with E-state index in [0.29, 0.717) is 12.2 Å². The largest absolute Gasteiger partial charge is 0.469 e. The third-order valence-corrected chi connectivity index (χ3v) is 3.07. The SMILES string of the molecule is CCC(=O)[C@H]1CC[C@H](C(=O)OC)CC1. The van der Waals surface area contributed by atoms with Gasteiger partial charge in [0.2, 0.25) is 0 Å². The Morgan fingerprint density at radius 1 is 1.14 bits per heavy atom. The molecule has 1 saturated carbocycles. The van der Waals surface area contributed by atoms with Crippen LogP contribution in [0.15, 0.2) is 0 Å². The van der Waals surface area contributed by atoms with Crippen molar-refractivity contribution in [3.05, 3.63) is 0 Å². The van der Waals surface area contributed by atoms with Crippen molar-refractivity contribution in [2.75, 3.05) is 7.11 Å². The Balaban J connectivity index is 2.38. The van der Waals surface area contributed by atoms with Crippen LogP contribution in [0.1, 0.15) is 39.0 Å². The Labute approximate surface area is 84.8 Å². The number of esters is 1. The van der Waals surface area contributed by atoms with Gasteiger partial charge in [0.25, 0.3) is 0 Å². The minimum atomic E-state index is -0.118. The van der Waals surface area contributed by atoms with E-state index in [4.69, 9.17) is 0 Å². The predicted octanol–water partition coefficient (Wildman–Crippen LogP) is 1.94. The highest BCUT2D eigenvalue weighted by Crippen LogP contribution is 2.30. The fraction of sp³-hybridized carbons (Fsp3) is 0.818. The summed E-state index contributed by atoms with van der Waals surface area (Å²) in [6.07, 6.45) is 3.94. The van der Waals surface area contributed by atoms with Crippen molar-refractivity contribution in [3.8, 4) is 0 Å². The van der Waals surface area contributed by atoms with E-state index < -0.39 is 0 Å². The molecule has 0 aliphatic heterocycles. The van der Waals surface area contributed by atoms with Gasteiger partial charge in [0.15, 0.2) is 0 Å². The highest BCUT2D eigenvalue weighted by Gasteiger charge is 2.29. The van der Waals surface area contributed by atoms with Gasteiger partial charge in [-0.05, 0) is 25.7 Å². The number of Topliss-reactive ketones (excluding diaryl/α,β-unsaturated/α-hetero) is 1. The maximum atomic E-state index is 11.4. The molecule has 3 heteroatoms. The first-order valence-corrected chi connectivity index (χ1v) is 5.29. The van der Waals surface area contributed by atoms with Crippen molar-refractivity contribution in [1.82, 2.24) is 0 Å². The van der Waals surface area contributed by atoms with Crippen LogP contribution >= 0.6 is 0 Å². The number of rotatable bonds is 3. The van der Waals surface area contributed by atoms with Gasteiger partial charge in [-0.3, -0.25) is 9.59 Å². The molecule has 0 saturated heterocycles. The van der Waals surface area contributed by atoms with E-state index in [9.17, 15) is 9.59 Å². The molecule has 1 fully saturated rings. The number of methoxy groups -OCH3 is 1. The standard InChI is InChI=1S/C11H18O3/c1-3-10(12)8-4-6-9(7-5-8)11(13)14-2/h8-9H,3-7H2,1-2H3/t8-,9-. The fourth-order valence-corrected chi connectivity index (χ4v) is 2.11. The van der Waals surface area contributed by atoms with E-state index in [1.807, 2.05) is 6.92 Å². The predicted molar refractivity (Wildman–Crippen MR) is 52.8 cm³/mol. The summed E-state index contributed by atoms with van der Waals surface area (Å²) in [4.78, 5) is 22.6. The Bertz CT molecular complexity index is 191. The number of ketones is 1. The molecule has 0 N–H and O–H groups in total. The van der Waals surface area contributed by atoms with E-state index in [2.05, 4.69) is 4.74 Å². The Morgan fingerprint density at radius 3 is 2.07 bits per heavy atom. The maximum Gasteiger partial charge on any atom is 0.308 e. The molecule has 0 amide bonds. The van der Waals surface area contributed by atoms with Crippen LogP contribution in [0.3, 0.4) is 0 Å². The summed E-state index contributed by atoms with van der Waals surface area (Å²) in [5, 5.41) is 0. The van der Waals surface area contributed by atoms with Crippen molar-refractivity contribution < 1.29 is 14.3 Å². The van der Waals surface area contributed by atoms with Gasteiger partial charge in [0.1, 0.15) is 5.78 Å². The number of hydrogen-bond acceptors (Lipinski definition) is 3. The molecule has 1 aliphatic carbocycles. The second kappa shape index (κ2) is 5.13. The zero-order valence-electron chi connectivity index (χ0n) is 8.91. The molecule has 80 valence electrons. The molecule has 0 aromatic rings. The summed E-state index contributed by atoms with van der Waals surface area (Å²) in [6.45, 7) is 1.90. The van der Waals surface area contributed by atoms with Crippen molar-refractivity contribution in [1.29, 1.82) is 0 Å². The molecule has 1 rings (SSSR count). The number of hydrogen-bond donors (Lipinski definition) is 0. The van der Waals surface area contributed by atoms with Gasteiger partial charge < -0.3 is 4.74 Å². The summed E-state index contributed by atoms with van der Waals surface area (Å²) < 4.78 is 4.69. The van der Waals surface area contributed by atoms with Crippen LogP contribution in [0.4, 0.5) is 0 Å². The molecule has 14 heavy (non-hydrogen) atoms. The highest BCUT2D eigenvalue weighted by molar-refractivity contribution is 5.81. The Kier molecular flexibility index (Phi) is 4.11. The Morgan fingerprint density at radius 2 is 1.64 bits per heavy atom. The zero-order valence-corrected chi connectivity index (χ0v) is 8.91. The van der Waals surface area contributed by atoms with Gasteiger partial charge in [0, 0.05) is 12.3 Å². The lowest BCUT2D eigenvalue weighted by Crippen LogP contribution is -2.26. The molecular weight excluding hydrogens is 180 g/mol. The van der Waals surface area contributed by atoms with E-state index in [-0.39, 0.29) is 17.8 Å². The number of ether oxygens (including phenoxy) is 1. The molecule has 0 aromatic carbocycles. The number of carbonyl (C=O) groups is 2. The normalized spacial score (nSPS) is 27.0. The van der Waals surface area contributed by atoms with Crippen LogP contribution in [-0.4, -0.2) is 18.9 Å². The summed E-state index contributed by atoms with van der Waals surface area (Å²) in [7, 11) is 1.42. The van der Waals surface area contributed by atoms with Crippen molar-refractivity contribution >= 4 is 11.8 Å². The second-order valence-corrected chi connectivity index (χ2v) is 3.89. The lowest BCUT2D eigenvalue weighted by atomic mass is 9.79. The van der Waals surface area contributed by atoms with Crippen molar-refractivity contribution in [2.24, 2.45) is 11.8 Å². The van der Waals surface area contributed by atoms with Gasteiger partial charge >= 0.3 is 5.97 Å². The van der Waals surface area contributed by atoms with Gasteiger partial charge in [-0.1, -0.05) is 6.92 Å². The molecule has 0 atom stereocenters. The Hall–Kier alpha value is -0.860. The van der Waals surface area contributed by atoms with E-state index in [1.54, 1.807) is 0 Å². The van der Waals surface area contributed by atoms with Crippen LogP contribution in [0.25, 0.3) is 0 Å². The molecule has 0 unspecified atom stereocenters. The molecule has 3 nitrogen and oxygen atoms in total. The highest BCUT2D eigenvalue weighted by atomic mass is 16.5. The first kappa shape index (κ1) is 11.2. The quantitative estimate of drug-likeness (QED) is 0.651. The molecule has 0 bridgehead atoms. The lowest BCUT2D eigenvalue weighted by Gasteiger charge is -2.25. The van der Waals surface area contributed by atoms with E-state index in [1.165, 1.54) is 7.11 Å². The first-order chi connectivity index (χ1) is 6.69. The summed E-state index contributed by atoms with van der Waals surface area (Å²) in [5.41, 5.74) is 0. The molecule has 1 aliphatic rings. The molecule has 0 radical (unpaired) electrons. The summed E-state index contributed by atoms with van der Waals surface area (Å²) in [5.74, 6) is 0.447. The van der Waals surface area contributed by atoms with Crippen molar-refractivity contribution in [3.63, 3.8) is 0 Å². The van der Waals surface area contributed by atoms with Crippen LogP contribution in [0.5, 0.6) is 0 Å². The number of carbonyl (C=O) groups excluding carboxylic acids is 2. The minimum Gasteiger partial charge on any atom is -0.469 e. The average molecular weight is 198 g/mol. The lowest BCUT2D eigenvalue weighted by molar-refractivity contribution is -0.147. The minimum absolute atomic E-state index is 0.0286. The molecule has 0 spiro atoms. The third kappa shape index (κ3) is 2.56. The third-order valence-electron chi connectivity index (χ3n) is 3.07. The second-order valence-electron chi connectivity index (χ2n) is 3.89. The smallest absolute Gasteiger partial charge is 0.308 e. The zero-order chi connectivity index (χ0) is 10.6. The van der Waals surface area contributed by atoms with Gasteiger partial charge in [0.05, 0.1) is 13.0 Å². The average Bonchev–Trinajstić information content (AvgIpc) is 2.27. The van der Waals surface area contributed by atoms with Gasteiger partial charge in [-0.15, -0.1) is 0 Å². The van der Waals surface area contributed by atoms with Crippen molar-refractivity contribution in [2.45, 2.75) is 39.0 Å². The fourth-order valence-electron chi connectivity index (χ4n) is 2.11. The summed E-state index contributed by atoms with van der Waals surface area (Å²) in [6, 6.07) is 0. The van der Waals surface area contributed by atoms with Crippen LogP contribution in [0.2, 0.25) is 0 Å². The van der Waals surface area contributed by atoms with Gasteiger partial charge in [-0.25, -0.2) is 0 Å².